The summed E-state index contributed by atoms with van der Waals surface area (Å²) in [7, 11) is 4.19. The molecule has 0 radical (unpaired) electrons. The molecule has 4 heteroatoms. The lowest BCUT2D eigenvalue weighted by atomic mass is 9.55. The van der Waals surface area contributed by atoms with Crippen LogP contribution in [0, 0.1) is 6.92 Å². The number of aryl methyl sites for hydroxylation is 2. The van der Waals surface area contributed by atoms with Crippen LogP contribution in [0.2, 0.25) is 0 Å². The summed E-state index contributed by atoms with van der Waals surface area (Å²) in [6, 6.07) is 12.6. The van der Waals surface area contributed by atoms with E-state index < -0.39 is 0 Å². The summed E-state index contributed by atoms with van der Waals surface area (Å²) < 4.78 is 8.15. The summed E-state index contributed by atoms with van der Waals surface area (Å²) in [6.07, 6.45) is 4.22. The third-order valence-corrected chi connectivity index (χ3v) is 4.39. The number of furan rings is 1. The number of benzene rings is 1. The molecule has 108 valence electrons. The van der Waals surface area contributed by atoms with Crippen LogP contribution >= 0.6 is 0 Å². The molecular weight excluding hydrogens is 271 g/mol. The van der Waals surface area contributed by atoms with Gasteiger partial charge in [0, 0.05) is 28.9 Å². The molecule has 3 nitrogen and oxygen atoms in total. The van der Waals surface area contributed by atoms with E-state index in [1.54, 1.807) is 0 Å². The first kappa shape index (κ1) is 13.2. The number of aromatic nitrogens is 1. The van der Waals surface area contributed by atoms with Gasteiger partial charge in [0.25, 0.3) is 0 Å². The van der Waals surface area contributed by atoms with Gasteiger partial charge in [-0.1, -0.05) is 24.2 Å². The van der Waals surface area contributed by atoms with Crippen molar-refractivity contribution < 1.29 is 8.98 Å². The molecule has 0 N–H and O–H groups in total. The van der Waals surface area contributed by atoms with Crippen LogP contribution in [0.4, 0.5) is 0 Å². The van der Waals surface area contributed by atoms with E-state index in [4.69, 9.17) is 4.42 Å². The van der Waals surface area contributed by atoms with E-state index >= 15 is 0 Å². The van der Waals surface area contributed by atoms with Crippen LogP contribution in [0.25, 0.3) is 23.1 Å². The number of fused-ring (bicyclic) bond motifs is 3. The van der Waals surface area contributed by atoms with Gasteiger partial charge in [0.2, 0.25) is 0 Å². The first-order valence-corrected chi connectivity index (χ1v) is 7.53. The molecule has 1 aromatic carbocycles. The number of pyridine rings is 1. The molecule has 0 saturated carbocycles. The summed E-state index contributed by atoms with van der Waals surface area (Å²) in [5.74, 6) is 2.30. The minimum absolute atomic E-state index is 0.207. The predicted molar refractivity (Wildman–Crippen MR) is 89.9 cm³/mol. The minimum atomic E-state index is 0.207. The Labute approximate surface area is 129 Å². The fraction of sp³-hybridized carbons (Fsp3) is 0.167. The number of para-hydroxylation sites is 1. The molecule has 0 amide bonds. The molecule has 1 aliphatic heterocycles. The number of hydrogen-bond donors (Lipinski definition) is 0. The zero-order valence-electron chi connectivity index (χ0n) is 13.1. The van der Waals surface area contributed by atoms with Gasteiger partial charge in [-0.3, -0.25) is 0 Å². The Morgan fingerprint density at radius 3 is 2.86 bits per heavy atom. The lowest BCUT2D eigenvalue weighted by Crippen LogP contribution is -2.60. The van der Waals surface area contributed by atoms with Crippen molar-refractivity contribution in [2.75, 3.05) is 7.05 Å². The van der Waals surface area contributed by atoms with Gasteiger partial charge in [-0.2, -0.15) is 0 Å². The molecular formula is C18H18BN2O+. The molecule has 0 aliphatic carbocycles. The van der Waals surface area contributed by atoms with Crippen molar-refractivity contribution in [3.63, 3.8) is 0 Å². The second kappa shape index (κ2) is 4.77. The van der Waals surface area contributed by atoms with Crippen molar-refractivity contribution in [2.45, 2.75) is 6.92 Å². The largest absolute Gasteiger partial charge is 0.455 e. The van der Waals surface area contributed by atoms with Gasteiger partial charge in [0.1, 0.15) is 18.0 Å². The molecule has 22 heavy (non-hydrogen) atoms. The van der Waals surface area contributed by atoms with E-state index in [0.717, 1.165) is 11.0 Å². The Bertz CT molecular complexity index is 990. The van der Waals surface area contributed by atoms with E-state index in [9.17, 15) is 0 Å². The molecule has 0 atom stereocenters. The average molecular weight is 289 g/mol. The topological polar surface area (TPSA) is 20.3 Å². The maximum Gasteiger partial charge on any atom is 0.396 e. The van der Waals surface area contributed by atoms with Crippen molar-refractivity contribution in [1.82, 2.24) is 4.81 Å². The minimum Gasteiger partial charge on any atom is -0.455 e. The van der Waals surface area contributed by atoms with Gasteiger partial charge in [0.15, 0.2) is 11.8 Å². The zero-order valence-corrected chi connectivity index (χ0v) is 13.1. The van der Waals surface area contributed by atoms with E-state index in [-0.39, 0.29) is 6.85 Å². The predicted octanol–water partition coefficient (Wildman–Crippen LogP) is 0.468. The molecule has 4 rings (SSSR count). The first-order valence-electron chi connectivity index (χ1n) is 7.53. The van der Waals surface area contributed by atoms with Gasteiger partial charge in [0.05, 0.1) is 0 Å². The summed E-state index contributed by atoms with van der Waals surface area (Å²) in [4.78, 5) is 2.21. The Kier molecular flexibility index (Phi) is 2.86. The maximum absolute atomic E-state index is 5.96. The van der Waals surface area contributed by atoms with Gasteiger partial charge in [-0.15, -0.1) is 0 Å². The molecule has 2 aromatic heterocycles. The standard InChI is InChI=1S/C18H18BN2O/c1-13-8-9-20(2)18(10-13)19-11-15-14-6-4-5-7-16(14)22-17(15)12-21(19)3/h4-12H,1-3H3/q+1. The molecule has 1 aliphatic rings. The second-order valence-electron chi connectivity index (χ2n) is 6.02. The fourth-order valence-electron chi connectivity index (χ4n) is 3.18. The van der Waals surface area contributed by atoms with E-state index in [1.807, 2.05) is 12.1 Å². The Morgan fingerprint density at radius 2 is 2.00 bits per heavy atom. The van der Waals surface area contributed by atoms with E-state index in [2.05, 4.69) is 73.0 Å². The highest BCUT2D eigenvalue weighted by atomic mass is 16.3. The first-order chi connectivity index (χ1) is 10.6. The van der Waals surface area contributed by atoms with Crippen LogP contribution in [0.3, 0.4) is 0 Å². The third kappa shape index (κ3) is 1.95. The van der Waals surface area contributed by atoms with Crippen molar-refractivity contribution in [3.8, 4) is 0 Å². The maximum atomic E-state index is 5.96. The highest BCUT2D eigenvalue weighted by Gasteiger charge is 2.30. The number of rotatable bonds is 1. The Hall–Kier alpha value is -2.49. The van der Waals surface area contributed by atoms with Gasteiger partial charge in [-0.25, -0.2) is 4.57 Å². The number of hydrogen-bond acceptors (Lipinski definition) is 2. The van der Waals surface area contributed by atoms with Crippen LogP contribution in [0.5, 0.6) is 0 Å². The zero-order chi connectivity index (χ0) is 15.3. The fourth-order valence-corrected chi connectivity index (χ4v) is 3.18. The SMILES string of the molecule is Cc1cc[n+](C)c(B2C=c3c(oc4ccccc34)=CN2C)c1. The summed E-state index contributed by atoms with van der Waals surface area (Å²) in [5, 5.41) is 2.38. The van der Waals surface area contributed by atoms with Crippen LogP contribution in [-0.2, 0) is 7.05 Å². The van der Waals surface area contributed by atoms with E-state index in [0.29, 0.717) is 0 Å². The molecule has 0 saturated heterocycles. The number of nitrogens with zero attached hydrogens (tertiary/aromatic N) is 2. The molecule has 0 fully saturated rings. The quantitative estimate of drug-likeness (QED) is 0.479. The Balaban J connectivity index is 1.98. The lowest BCUT2D eigenvalue weighted by molar-refractivity contribution is -0.654. The molecule has 0 unspecified atom stereocenters. The van der Waals surface area contributed by atoms with Crippen molar-refractivity contribution >= 4 is 35.6 Å². The van der Waals surface area contributed by atoms with Crippen molar-refractivity contribution in [3.05, 3.63) is 58.8 Å². The normalized spacial score (nSPS) is 13.8. The molecule has 0 spiro atoms. The van der Waals surface area contributed by atoms with Crippen molar-refractivity contribution in [1.29, 1.82) is 0 Å². The van der Waals surface area contributed by atoms with Crippen LogP contribution < -0.4 is 20.8 Å². The van der Waals surface area contributed by atoms with Gasteiger partial charge >= 0.3 is 6.85 Å². The second-order valence-corrected chi connectivity index (χ2v) is 6.02. The molecule has 3 heterocycles. The molecule has 0 bridgehead atoms. The van der Waals surface area contributed by atoms with Gasteiger partial charge in [-0.05, 0) is 25.6 Å². The smallest absolute Gasteiger partial charge is 0.396 e. The van der Waals surface area contributed by atoms with Gasteiger partial charge < -0.3 is 9.23 Å². The highest BCUT2D eigenvalue weighted by Crippen LogP contribution is 2.09. The summed E-state index contributed by atoms with van der Waals surface area (Å²) in [5.41, 5.74) is 4.44. The molecule has 3 aromatic rings. The van der Waals surface area contributed by atoms with Crippen LogP contribution in [0.1, 0.15) is 5.56 Å². The monoisotopic (exact) mass is 289 g/mol. The van der Waals surface area contributed by atoms with Crippen LogP contribution in [-0.4, -0.2) is 18.7 Å². The average Bonchev–Trinajstić information content (AvgIpc) is 2.86. The third-order valence-electron chi connectivity index (χ3n) is 4.39. The summed E-state index contributed by atoms with van der Waals surface area (Å²) >= 11 is 0. The lowest BCUT2D eigenvalue weighted by Gasteiger charge is -2.20. The Morgan fingerprint density at radius 1 is 1.18 bits per heavy atom. The van der Waals surface area contributed by atoms with Crippen LogP contribution in [0.15, 0.2) is 47.0 Å². The summed E-state index contributed by atoms with van der Waals surface area (Å²) in [6.45, 7) is 2.34. The van der Waals surface area contributed by atoms with Crippen molar-refractivity contribution in [2.24, 2.45) is 7.05 Å². The highest BCUT2D eigenvalue weighted by molar-refractivity contribution is 6.82. The van der Waals surface area contributed by atoms with E-state index in [1.165, 1.54) is 21.8 Å².